The quantitative estimate of drug-likeness (QED) is 0.860. The first-order chi connectivity index (χ1) is 7.47. The van der Waals surface area contributed by atoms with E-state index >= 15 is 0 Å². The van der Waals surface area contributed by atoms with Gasteiger partial charge < -0.3 is 9.84 Å². The van der Waals surface area contributed by atoms with E-state index in [1.807, 2.05) is 0 Å². The Morgan fingerprint density at radius 1 is 1.62 bits per heavy atom. The van der Waals surface area contributed by atoms with Crippen LogP contribution < -0.4 is 4.74 Å². The summed E-state index contributed by atoms with van der Waals surface area (Å²) in [6, 6.07) is 0. The van der Waals surface area contributed by atoms with Crippen molar-refractivity contribution in [2.75, 3.05) is 7.11 Å². The van der Waals surface area contributed by atoms with E-state index in [1.54, 1.807) is 0 Å². The van der Waals surface area contributed by atoms with Gasteiger partial charge in [0.25, 0.3) is 6.43 Å². The minimum Gasteiger partial charge on any atom is -0.481 e. The van der Waals surface area contributed by atoms with Crippen LogP contribution in [0.25, 0.3) is 0 Å². The topological polar surface area (TPSA) is 59.4 Å². The summed E-state index contributed by atoms with van der Waals surface area (Å²) in [5.41, 5.74) is 0.133. The lowest BCUT2D eigenvalue weighted by Crippen LogP contribution is -2.07. The van der Waals surface area contributed by atoms with Gasteiger partial charge in [0.05, 0.1) is 19.1 Å². The van der Waals surface area contributed by atoms with Crippen LogP contribution in [0.15, 0.2) is 6.20 Å². The molecule has 0 aliphatic rings. The minimum absolute atomic E-state index is 0.165. The highest BCUT2D eigenvalue weighted by molar-refractivity contribution is 5.71. The SMILES string of the molecule is COc1ncc(CC(=O)O)c(C)c1C(F)F. The number of aromatic nitrogens is 1. The van der Waals surface area contributed by atoms with E-state index < -0.39 is 12.4 Å². The molecule has 0 aromatic carbocycles. The van der Waals surface area contributed by atoms with E-state index in [4.69, 9.17) is 9.84 Å². The number of halogens is 2. The number of carboxylic acid groups (broad SMARTS) is 1. The fourth-order valence-corrected chi connectivity index (χ4v) is 1.40. The second-order valence-electron chi connectivity index (χ2n) is 3.20. The van der Waals surface area contributed by atoms with Gasteiger partial charge in [-0.1, -0.05) is 0 Å². The minimum atomic E-state index is -2.74. The molecule has 88 valence electrons. The number of aliphatic carboxylic acids is 1. The summed E-state index contributed by atoms with van der Waals surface area (Å²) in [5, 5.41) is 8.60. The zero-order chi connectivity index (χ0) is 12.3. The first-order valence-electron chi connectivity index (χ1n) is 4.49. The summed E-state index contributed by atoms with van der Waals surface area (Å²) in [6.45, 7) is 1.43. The standard InChI is InChI=1S/C10H11F2NO3/c1-5-6(3-7(14)15)4-13-10(16-2)8(5)9(11)12/h4,9H,3H2,1-2H3,(H,14,15). The maximum Gasteiger partial charge on any atom is 0.307 e. The Hall–Kier alpha value is -1.72. The molecule has 1 heterocycles. The number of alkyl halides is 2. The molecule has 0 saturated heterocycles. The Bertz CT molecular complexity index is 407. The summed E-state index contributed by atoms with van der Waals surface area (Å²) >= 11 is 0. The molecular weight excluding hydrogens is 220 g/mol. The van der Waals surface area contributed by atoms with Crippen molar-refractivity contribution >= 4 is 5.97 Å². The lowest BCUT2D eigenvalue weighted by Gasteiger charge is -2.12. The molecule has 0 unspecified atom stereocenters. The number of carboxylic acids is 1. The molecule has 0 bridgehead atoms. The average molecular weight is 231 g/mol. The Balaban J connectivity index is 3.26. The predicted octanol–water partition coefficient (Wildman–Crippen LogP) is 1.96. The van der Waals surface area contributed by atoms with Crippen molar-refractivity contribution < 1.29 is 23.4 Å². The summed E-state index contributed by atoms with van der Waals surface area (Å²) < 4.78 is 30.2. The molecule has 0 spiro atoms. The smallest absolute Gasteiger partial charge is 0.307 e. The third kappa shape index (κ3) is 2.44. The number of carbonyl (C=O) groups is 1. The van der Waals surface area contributed by atoms with Crippen LogP contribution in [-0.2, 0) is 11.2 Å². The molecule has 0 amide bonds. The molecule has 0 aliphatic heterocycles. The number of nitrogens with zero attached hydrogens (tertiary/aromatic N) is 1. The number of ether oxygens (including phenoxy) is 1. The lowest BCUT2D eigenvalue weighted by molar-refractivity contribution is -0.136. The zero-order valence-electron chi connectivity index (χ0n) is 8.83. The van der Waals surface area contributed by atoms with Gasteiger partial charge in [0.2, 0.25) is 5.88 Å². The Labute approximate surface area is 90.9 Å². The average Bonchev–Trinajstić information content (AvgIpc) is 2.19. The fourth-order valence-electron chi connectivity index (χ4n) is 1.40. The van der Waals surface area contributed by atoms with Crippen molar-refractivity contribution in [3.8, 4) is 5.88 Å². The van der Waals surface area contributed by atoms with Gasteiger partial charge in [-0.15, -0.1) is 0 Å². The third-order valence-corrected chi connectivity index (χ3v) is 2.21. The van der Waals surface area contributed by atoms with Gasteiger partial charge in [-0.05, 0) is 18.1 Å². The molecule has 0 radical (unpaired) electrons. The van der Waals surface area contributed by atoms with Crippen LogP contribution in [0.3, 0.4) is 0 Å². The van der Waals surface area contributed by atoms with Gasteiger partial charge in [0.1, 0.15) is 0 Å². The third-order valence-electron chi connectivity index (χ3n) is 2.21. The van der Waals surface area contributed by atoms with Gasteiger partial charge in [-0.2, -0.15) is 0 Å². The Morgan fingerprint density at radius 3 is 2.69 bits per heavy atom. The van der Waals surface area contributed by atoms with Gasteiger partial charge in [0.15, 0.2) is 0 Å². The number of hydrogen-bond acceptors (Lipinski definition) is 3. The van der Waals surface area contributed by atoms with Crippen molar-refractivity contribution in [2.24, 2.45) is 0 Å². The first-order valence-corrected chi connectivity index (χ1v) is 4.49. The van der Waals surface area contributed by atoms with Crippen LogP contribution in [0.2, 0.25) is 0 Å². The van der Waals surface area contributed by atoms with Gasteiger partial charge in [0, 0.05) is 6.20 Å². The molecule has 1 rings (SSSR count). The van der Waals surface area contributed by atoms with Crippen LogP contribution in [-0.4, -0.2) is 23.2 Å². The molecule has 1 aromatic heterocycles. The number of pyridine rings is 1. The maximum atomic E-state index is 12.7. The fraction of sp³-hybridized carbons (Fsp3) is 0.400. The van der Waals surface area contributed by atoms with Crippen LogP contribution in [0.5, 0.6) is 5.88 Å². The highest BCUT2D eigenvalue weighted by atomic mass is 19.3. The van der Waals surface area contributed by atoms with Crippen molar-refractivity contribution in [1.82, 2.24) is 4.98 Å². The Morgan fingerprint density at radius 2 is 2.25 bits per heavy atom. The van der Waals surface area contributed by atoms with Crippen LogP contribution in [0.4, 0.5) is 8.78 Å². The molecule has 6 heteroatoms. The molecule has 0 saturated carbocycles. The van der Waals surface area contributed by atoms with Crippen LogP contribution in [0, 0.1) is 6.92 Å². The molecule has 0 atom stereocenters. The van der Waals surface area contributed by atoms with Crippen molar-refractivity contribution in [3.63, 3.8) is 0 Å². The molecule has 16 heavy (non-hydrogen) atoms. The van der Waals surface area contributed by atoms with Crippen molar-refractivity contribution in [2.45, 2.75) is 19.8 Å². The van der Waals surface area contributed by atoms with E-state index in [0.717, 1.165) is 0 Å². The zero-order valence-corrected chi connectivity index (χ0v) is 8.83. The van der Waals surface area contributed by atoms with Crippen molar-refractivity contribution in [1.29, 1.82) is 0 Å². The van der Waals surface area contributed by atoms with Gasteiger partial charge >= 0.3 is 5.97 Å². The second kappa shape index (κ2) is 4.87. The molecular formula is C10H11F2NO3. The highest BCUT2D eigenvalue weighted by Crippen LogP contribution is 2.31. The maximum absolute atomic E-state index is 12.7. The van der Waals surface area contributed by atoms with E-state index in [1.165, 1.54) is 20.2 Å². The summed E-state index contributed by atoms with van der Waals surface area (Å²) in [4.78, 5) is 14.2. The summed E-state index contributed by atoms with van der Waals surface area (Å²) in [7, 11) is 1.24. The van der Waals surface area contributed by atoms with Crippen LogP contribution in [0.1, 0.15) is 23.1 Å². The molecule has 4 nitrogen and oxygen atoms in total. The van der Waals surface area contributed by atoms with Gasteiger partial charge in [-0.3, -0.25) is 4.79 Å². The number of hydrogen-bond donors (Lipinski definition) is 1. The monoisotopic (exact) mass is 231 g/mol. The molecule has 1 N–H and O–H groups in total. The van der Waals surface area contributed by atoms with E-state index in [2.05, 4.69) is 4.98 Å². The summed E-state index contributed by atoms with van der Waals surface area (Å²) in [5.74, 6) is -1.25. The largest absolute Gasteiger partial charge is 0.481 e. The molecule has 1 aromatic rings. The highest BCUT2D eigenvalue weighted by Gasteiger charge is 2.21. The van der Waals surface area contributed by atoms with Crippen LogP contribution >= 0.6 is 0 Å². The number of methoxy groups -OCH3 is 1. The number of rotatable bonds is 4. The van der Waals surface area contributed by atoms with E-state index in [0.29, 0.717) is 0 Å². The summed E-state index contributed by atoms with van der Waals surface area (Å²) in [6.07, 6.45) is -1.83. The Kier molecular flexibility index (Phi) is 3.76. The van der Waals surface area contributed by atoms with Gasteiger partial charge in [-0.25, -0.2) is 13.8 Å². The lowest BCUT2D eigenvalue weighted by atomic mass is 10.0. The van der Waals surface area contributed by atoms with Crippen molar-refractivity contribution in [3.05, 3.63) is 22.9 Å². The molecule has 0 aliphatic carbocycles. The molecule has 0 fully saturated rings. The second-order valence-corrected chi connectivity index (χ2v) is 3.20. The normalized spacial score (nSPS) is 10.6. The van der Waals surface area contributed by atoms with E-state index in [-0.39, 0.29) is 29.0 Å². The van der Waals surface area contributed by atoms with E-state index in [9.17, 15) is 13.6 Å². The predicted molar refractivity (Wildman–Crippen MR) is 51.8 cm³/mol. The first kappa shape index (κ1) is 12.4.